The first-order valence-corrected chi connectivity index (χ1v) is 6.96. The molecule has 0 aliphatic carbocycles. The van der Waals surface area contributed by atoms with E-state index in [1.165, 1.54) is 0 Å². The zero-order valence-corrected chi connectivity index (χ0v) is 11.9. The Morgan fingerprint density at radius 2 is 2.00 bits per heavy atom. The monoisotopic (exact) mass is 261 g/mol. The van der Waals surface area contributed by atoms with Gasteiger partial charge in [-0.2, -0.15) is 0 Å². The molecule has 0 aliphatic heterocycles. The van der Waals surface area contributed by atoms with Gasteiger partial charge in [0, 0.05) is 23.1 Å². The summed E-state index contributed by atoms with van der Waals surface area (Å²) in [5.41, 5.74) is 2.02. The van der Waals surface area contributed by atoms with Gasteiger partial charge in [0.25, 0.3) is 0 Å². The lowest BCUT2D eigenvalue weighted by atomic mass is 10.0. The predicted octanol–water partition coefficient (Wildman–Crippen LogP) is 5.08. The van der Waals surface area contributed by atoms with Crippen molar-refractivity contribution in [2.45, 2.75) is 46.0 Å². The molecule has 0 saturated carbocycles. The Hall–Kier alpha value is -1.26. The molecule has 1 aromatic carbocycles. The third kappa shape index (κ3) is 4.94. The van der Waals surface area contributed by atoms with E-state index in [9.17, 15) is 0 Å². The molecule has 96 valence electrons. The zero-order chi connectivity index (χ0) is 13.2. The van der Waals surface area contributed by atoms with E-state index in [4.69, 9.17) is 11.6 Å². The van der Waals surface area contributed by atoms with E-state index in [1.54, 1.807) is 0 Å². The standard InChI is InChI=1S/C16H20ClN/c1-3-5-9-13-18-16(12-6-4-2)14-10-7-8-11-15(14)17/h7-8,10-11H,3-6,12H2,1-2H3. The Morgan fingerprint density at radius 3 is 2.67 bits per heavy atom. The molecule has 0 radical (unpaired) electrons. The van der Waals surface area contributed by atoms with E-state index < -0.39 is 0 Å². The first kappa shape index (κ1) is 14.8. The molecule has 0 spiro atoms. The van der Waals surface area contributed by atoms with Crippen LogP contribution in [0.25, 0.3) is 0 Å². The van der Waals surface area contributed by atoms with Crippen LogP contribution >= 0.6 is 11.6 Å². The van der Waals surface area contributed by atoms with Crippen molar-refractivity contribution in [3.05, 3.63) is 34.9 Å². The Balaban J connectivity index is 2.92. The van der Waals surface area contributed by atoms with Crippen molar-refractivity contribution in [1.29, 1.82) is 0 Å². The van der Waals surface area contributed by atoms with Gasteiger partial charge >= 0.3 is 0 Å². The van der Waals surface area contributed by atoms with Gasteiger partial charge in [-0.15, -0.1) is 0 Å². The molecule has 0 fully saturated rings. The number of hydrogen-bond donors (Lipinski definition) is 0. The number of hydrogen-bond acceptors (Lipinski definition) is 1. The Kier molecular flexibility index (Phi) is 7.22. The van der Waals surface area contributed by atoms with Gasteiger partial charge in [-0.1, -0.05) is 56.0 Å². The fraction of sp³-hybridized carbons (Fsp3) is 0.438. The number of unbranched alkanes of at least 4 members (excludes halogenated alkanes) is 2. The summed E-state index contributed by atoms with van der Waals surface area (Å²) in [6.07, 6.45) is 5.15. The fourth-order valence-electron chi connectivity index (χ4n) is 1.58. The molecule has 0 atom stereocenters. The van der Waals surface area contributed by atoms with Crippen molar-refractivity contribution in [2.75, 3.05) is 0 Å². The summed E-state index contributed by atoms with van der Waals surface area (Å²) in [7, 11) is 0. The Morgan fingerprint density at radius 1 is 1.22 bits per heavy atom. The highest BCUT2D eigenvalue weighted by atomic mass is 35.5. The van der Waals surface area contributed by atoms with E-state index in [-0.39, 0.29) is 0 Å². The summed E-state index contributed by atoms with van der Waals surface area (Å²) in [5.74, 6) is 3.05. The molecule has 0 aliphatic rings. The van der Waals surface area contributed by atoms with Crippen LogP contribution < -0.4 is 0 Å². The van der Waals surface area contributed by atoms with Crippen LogP contribution in [0.2, 0.25) is 5.02 Å². The topological polar surface area (TPSA) is 12.4 Å². The summed E-state index contributed by atoms with van der Waals surface area (Å²) in [5, 5.41) is 0.754. The smallest absolute Gasteiger partial charge is 0.0598 e. The maximum absolute atomic E-state index is 6.21. The van der Waals surface area contributed by atoms with Crippen molar-refractivity contribution in [3.63, 3.8) is 0 Å². The molecule has 0 N–H and O–H groups in total. The quantitative estimate of drug-likeness (QED) is 0.518. The van der Waals surface area contributed by atoms with Crippen molar-refractivity contribution < 1.29 is 0 Å². The average Bonchev–Trinajstić information content (AvgIpc) is 2.39. The largest absolute Gasteiger partial charge is 0.202 e. The van der Waals surface area contributed by atoms with Gasteiger partial charge in [-0.25, -0.2) is 4.99 Å². The normalized spacial score (nSPS) is 10.9. The predicted molar refractivity (Wildman–Crippen MR) is 80.2 cm³/mol. The maximum Gasteiger partial charge on any atom is 0.0598 e. The Bertz CT molecular complexity index is 452. The average molecular weight is 262 g/mol. The van der Waals surface area contributed by atoms with Crippen LogP contribution in [0.15, 0.2) is 29.3 Å². The minimum Gasteiger partial charge on any atom is -0.202 e. The second kappa shape index (κ2) is 8.78. The highest BCUT2D eigenvalue weighted by molar-refractivity contribution is 6.34. The molecule has 0 aromatic heterocycles. The summed E-state index contributed by atoms with van der Waals surface area (Å²) in [6, 6.07) is 10.7. The molecule has 0 bridgehead atoms. The van der Waals surface area contributed by atoms with Crippen LogP contribution in [0, 0.1) is 12.0 Å². The highest BCUT2D eigenvalue weighted by Crippen LogP contribution is 2.18. The van der Waals surface area contributed by atoms with E-state index in [0.29, 0.717) is 0 Å². The lowest BCUT2D eigenvalue weighted by Gasteiger charge is -2.06. The van der Waals surface area contributed by atoms with Crippen LogP contribution in [0.4, 0.5) is 0 Å². The third-order valence-electron chi connectivity index (χ3n) is 2.60. The summed E-state index contributed by atoms with van der Waals surface area (Å²) in [6.45, 7) is 4.29. The minimum atomic E-state index is 0.754. The molecular formula is C16H20ClN. The molecular weight excluding hydrogens is 242 g/mol. The molecule has 18 heavy (non-hydrogen) atoms. The van der Waals surface area contributed by atoms with Gasteiger partial charge < -0.3 is 0 Å². The fourth-order valence-corrected chi connectivity index (χ4v) is 1.82. The van der Waals surface area contributed by atoms with Gasteiger partial charge in [-0.3, -0.25) is 0 Å². The maximum atomic E-state index is 6.21. The summed E-state index contributed by atoms with van der Waals surface area (Å²) < 4.78 is 0. The minimum absolute atomic E-state index is 0.754. The summed E-state index contributed by atoms with van der Waals surface area (Å²) in [4.78, 5) is 4.40. The van der Waals surface area contributed by atoms with Crippen molar-refractivity contribution in [3.8, 4) is 12.0 Å². The number of nitrogens with zero attached hydrogens (tertiary/aromatic N) is 1. The van der Waals surface area contributed by atoms with E-state index >= 15 is 0 Å². The zero-order valence-electron chi connectivity index (χ0n) is 11.2. The van der Waals surface area contributed by atoms with Crippen LogP contribution in [-0.2, 0) is 0 Å². The molecule has 1 nitrogen and oxygen atoms in total. The van der Waals surface area contributed by atoms with Crippen molar-refractivity contribution in [1.82, 2.24) is 0 Å². The molecule has 0 saturated heterocycles. The van der Waals surface area contributed by atoms with Crippen molar-refractivity contribution in [2.24, 2.45) is 4.99 Å². The van der Waals surface area contributed by atoms with Gasteiger partial charge in [0.05, 0.1) is 5.71 Å². The van der Waals surface area contributed by atoms with E-state index in [2.05, 4.69) is 30.8 Å². The molecule has 2 heteroatoms. The van der Waals surface area contributed by atoms with Gasteiger partial charge in [0.15, 0.2) is 0 Å². The molecule has 1 aromatic rings. The van der Waals surface area contributed by atoms with Crippen LogP contribution in [0.3, 0.4) is 0 Å². The van der Waals surface area contributed by atoms with Crippen LogP contribution in [0.1, 0.15) is 51.5 Å². The highest BCUT2D eigenvalue weighted by Gasteiger charge is 2.06. The summed E-state index contributed by atoms with van der Waals surface area (Å²) >= 11 is 6.21. The lowest BCUT2D eigenvalue weighted by molar-refractivity contribution is 0.835. The van der Waals surface area contributed by atoms with Crippen molar-refractivity contribution >= 4 is 17.3 Å². The number of benzene rings is 1. The van der Waals surface area contributed by atoms with Gasteiger partial charge in [0.1, 0.15) is 0 Å². The second-order valence-corrected chi connectivity index (χ2v) is 4.59. The molecule has 0 amide bonds. The van der Waals surface area contributed by atoms with Gasteiger partial charge in [-0.05, 0) is 25.3 Å². The molecule has 0 unspecified atom stereocenters. The third-order valence-corrected chi connectivity index (χ3v) is 2.93. The lowest BCUT2D eigenvalue weighted by Crippen LogP contribution is -2.01. The molecule has 0 heterocycles. The SMILES string of the molecule is CCCC#CN=C(CCCC)c1ccccc1Cl. The first-order chi connectivity index (χ1) is 8.79. The Labute approximate surface area is 115 Å². The second-order valence-electron chi connectivity index (χ2n) is 4.18. The van der Waals surface area contributed by atoms with Crippen LogP contribution in [-0.4, -0.2) is 5.71 Å². The number of aliphatic imine (C=N–C) groups is 1. The number of halogens is 1. The van der Waals surface area contributed by atoms with E-state index in [0.717, 1.165) is 48.4 Å². The van der Waals surface area contributed by atoms with Crippen LogP contribution in [0.5, 0.6) is 0 Å². The number of rotatable bonds is 5. The first-order valence-electron chi connectivity index (χ1n) is 6.58. The molecule has 1 rings (SSSR count). The van der Waals surface area contributed by atoms with E-state index in [1.807, 2.05) is 24.3 Å². The van der Waals surface area contributed by atoms with Gasteiger partial charge in [0.2, 0.25) is 0 Å².